The zero-order valence-electron chi connectivity index (χ0n) is 19.3. The normalized spacial score (nSPS) is 21.4. The van der Waals surface area contributed by atoms with Gasteiger partial charge in [0.2, 0.25) is 0 Å². The first-order valence-corrected chi connectivity index (χ1v) is 12.6. The molecule has 2 N–H and O–H groups in total. The molecule has 1 aromatic heterocycles. The van der Waals surface area contributed by atoms with Gasteiger partial charge in [-0.1, -0.05) is 30.3 Å². The van der Waals surface area contributed by atoms with Gasteiger partial charge in [0.05, 0.1) is 6.10 Å². The molecule has 2 aromatic rings. The van der Waals surface area contributed by atoms with Crippen LogP contribution in [-0.4, -0.2) is 53.3 Å². The van der Waals surface area contributed by atoms with E-state index in [1.54, 1.807) is 0 Å². The van der Waals surface area contributed by atoms with Gasteiger partial charge in [-0.05, 0) is 80.0 Å². The highest BCUT2D eigenvalue weighted by Crippen LogP contribution is 2.44. The number of aryl methyl sites for hydroxylation is 2. The Labute approximate surface area is 196 Å². The first kappa shape index (κ1) is 22.4. The average Bonchev–Trinajstić information content (AvgIpc) is 3.58. The second-order valence-electron chi connectivity index (χ2n) is 9.72. The number of carbonyl (C=O) groups is 1. The zero-order chi connectivity index (χ0) is 22.6. The predicted molar refractivity (Wildman–Crippen MR) is 129 cm³/mol. The van der Waals surface area contributed by atoms with Crippen molar-refractivity contribution in [2.45, 2.75) is 69.4 Å². The van der Waals surface area contributed by atoms with Crippen molar-refractivity contribution in [3.63, 3.8) is 0 Å². The standard InChI is InChI=1S/C27H35N3O3/c31-27(32)25(24-9-2-1-8-23(24)19-10-11-19)30-16-14-22(18-30)33-17-4-3-7-21-13-12-20-6-5-15-28-26(20)29-21/h1-2,8-9,12-13,19,22,25H,3-7,10-11,14-18H2,(H,28,29)(H,31,32)/t22-,25-/m1/s1. The van der Waals surface area contributed by atoms with E-state index in [9.17, 15) is 9.90 Å². The fourth-order valence-electron chi connectivity index (χ4n) is 5.30. The van der Waals surface area contributed by atoms with Crippen LogP contribution in [0.3, 0.4) is 0 Å². The number of nitrogens with zero attached hydrogens (tertiary/aromatic N) is 2. The van der Waals surface area contributed by atoms with Gasteiger partial charge in [0.15, 0.2) is 0 Å². The van der Waals surface area contributed by atoms with Gasteiger partial charge in [0.1, 0.15) is 11.9 Å². The lowest BCUT2D eigenvalue weighted by atomic mass is 9.96. The van der Waals surface area contributed by atoms with Gasteiger partial charge in [-0.3, -0.25) is 9.69 Å². The van der Waals surface area contributed by atoms with Crippen LogP contribution in [0.1, 0.15) is 72.9 Å². The lowest BCUT2D eigenvalue weighted by Crippen LogP contribution is -2.34. The molecular formula is C27H35N3O3. The Balaban J connectivity index is 1.08. The molecule has 0 amide bonds. The van der Waals surface area contributed by atoms with Gasteiger partial charge < -0.3 is 15.2 Å². The van der Waals surface area contributed by atoms with Crippen molar-refractivity contribution in [2.75, 3.05) is 31.6 Å². The zero-order valence-corrected chi connectivity index (χ0v) is 19.3. The molecule has 2 fully saturated rings. The number of ether oxygens (including phenoxy) is 1. The minimum Gasteiger partial charge on any atom is -0.480 e. The third-order valence-corrected chi connectivity index (χ3v) is 7.22. The Morgan fingerprint density at radius 2 is 2.06 bits per heavy atom. The highest BCUT2D eigenvalue weighted by Gasteiger charge is 2.37. The number of rotatable bonds is 10. The summed E-state index contributed by atoms with van der Waals surface area (Å²) in [4.78, 5) is 19.1. The molecule has 6 heteroatoms. The maximum absolute atomic E-state index is 12.2. The summed E-state index contributed by atoms with van der Waals surface area (Å²) in [7, 11) is 0. The van der Waals surface area contributed by atoms with E-state index in [1.807, 2.05) is 18.2 Å². The summed E-state index contributed by atoms with van der Waals surface area (Å²) in [6.45, 7) is 3.20. The molecule has 6 nitrogen and oxygen atoms in total. The number of fused-ring (bicyclic) bond motifs is 1. The summed E-state index contributed by atoms with van der Waals surface area (Å²) in [5.41, 5.74) is 4.67. The fraction of sp³-hybridized carbons (Fsp3) is 0.556. The van der Waals surface area contributed by atoms with Gasteiger partial charge in [0.25, 0.3) is 0 Å². The molecule has 1 aliphatic carbocycles. The number of likely N-dealkylation sites (tertiary alicyclic amines) is 1. The molecule has 3 aliphatic rings. The Morgan fingerprint density at radius 3 is 2.91 bits per heavy atom. The second-order valence-corrected chi connectivity index (χ2v) is 9.72. The van der Waals surface area contributed by atoms with Crippen molar-refractivity contribution in [3.05, 3.63) is 58.8 Å². The van der Waals surface area contributed by atoms with E-state index in [0.717, 1.165) is 68.9 Å². The average molecular weight is 450 g/mol. The number of anilines is 1. The molecule has 33 heavy (non-hydrogen) atoms. The molecule has 0 unspecified atom stereocenters. The van der Waals surface area contributed by atoms with Crippen LogP contribution in [0.15, 0.2) is 36.4 Å². The summed E-state index contributed by atoms with van der Waals surface area (Å²) >= 11 is 0. The van der Waals surface area contributed by atoms with Crippen LogP contribution in [0.2, 0.25) is 0 Å². The third-order valence-electron chi connectivity index (χ3n) is 7.22. The lowest BCUT2D eigenvalue weighted by Gasteiger charge is -2.26. The quantitative estimate of drug-likeness (QED) is 0.518. The van der Waals surface area contributed by atoms with Crippen LogP contribution in [0, 0.1) is 0 Å². The van der Waals surface area contributed by atoms with E-state index >= 15 is 0 Å². The molecule has 0 radical (unpaired) electrons. The number of aliphatic carboxylic acids is 1. The van der Waals surface area contributed by atoms with Crippen LogP contribution >= 0.6 is 0 Å². The maximum Gasteiger partial charge on any atom is 0.325 e. The van der Waals surface area contributed by atoms with Crippen molar-refractivity contribution < 1.29 is 14.6 Å². The van der Waals surface area contributed by atoms with E-state index in [0.29, 0.717) is 12.5 Å². The topological polar surface area (TPSA) is 74.7 Å². The molecule has 0 spiro atoms. The van der Waals surface area contributed by atoms with Crippen molar-refractivity contribution >= 4 is 11.8 Å². The van der Waals surface area contributed by atoms with Crippen LogP contribution < -0.4 is 5.32 Å². The molecular weight excluding hydrogens is 414 g/mol. The third kappa shape index (κ3) is 5.39. The summed E-state index contributed by atoms with van der Waals surface area (Å²) in [5, 5.41) is 13.4. The van der Waals surface area contributed by atoms with Crippen molar-refractivity contribution in [3.8, 4) is 0 Å². The number of aromatic nitrogens is 1. The molecule has 1 saturated heterocycles. The molecule has 176 valence electrons. The molecule has 2 atom stereocenters. The molecule has 5 rings (SSSR count). The first-order valence-electron chi connectivity index (χ1n) is 12.6. The maximum atomic E-state index is 12.2. The van der Waals surface area contributed by atoms with Crippen LogP contribution in [0.4, 0.5) is 5.82 Å². The molecule has 3 heterocycles. The van der Waals surface area contributed by atoms with Crippen molar-refractivity contribution in [1.29, 1.82) is 0 Å². The summed E-state index contributed by atoms with van der Waals surface area (Å²) in [5.74, 6) is 0.853. The van der Waals surface area contributed by atoms with Crippen LogP contribution in [0.25, 0.3) is 0 Å². The Bertz CT molecular complexity index is 975. The lowest BCUT2D eigenvalue weighted by molar-refractivity contribution is -0.143. The molecule has 1 aromatic carbocycles. The molecule has 2 aliphatic heterocycles. The summed E-state index contributed by atoms with van der Waals surface area (Å²) < 4.78 is 6.15. The molecule has 1 saturated carbocycles. The number of carboxylic acids is 1. The second kappa shape index (κ2) is 10.2. The Hall–Kier alpha value is -2.44. The predicted octanol–water partition coefficient (Wildman–Crippen LogP) is 4.56. The van der Waals surface area contributed by atoms with Crippen molar-refractivity contribution in [2.24, 2.45) is 0 Å². The minimum absolute atomic E-state index is 0.117. The minimum atomic E-state index is -0.754. The summed E-state index contributed by atoms with van der Waals surface area (Å²) in [6.07, 6.45) is 8.68. The number of hydrogen-bond acceptors (Lipinski definition) is 5. The smallest absolute Gasteiger partial charge is 0.325 e. The Kier molecular flexibility index (Phi) is 6.93. The van der Waals surface area contributed by atoms with Gasteiger partial charge in [-0.2, -0.15) is 0 Å². The largest absolute Gasteiger partial charge is 0.480 e. The Morgan fingerprint density at radius 1 is 1.18 bits per heavy atom. The van der Waals surface area contributed by atoms with E-state index in [1.165, 1.54) is 30.4 Å². The van der Waals surface area contributed by atoms with E-state index in [2.05, 4.69) is 28.4 Å². The SMILES string of the molecule is O=C(O)[C@@H](c1ccccc1C1CC1)N1CC[C@@H](OCCCCc2ccc3c(n2)NCCC3)C1. The summed E-state index contributed by atoms with van der Waals surface area (Å²) in [6, 6.07) is 11.9. The number of unbranched alkanes of at least 4 members (excludes halogenated alkanes) is 1. The fourth-order valence-corrected chi connectivity index (χ4v) is 5.30. The van der Waals surface area contributed by atoms with E-state index in [-0.39, 0.29) is 6.10 Å². The molecule has 0 bridgehead atoms. The van der Waals surface area contributed by atoms with Crippen LogP contribution in [-0.2, 0) is 22.4 Å². The van der Waals surface area contributed by atoms with Gasteiger partial charge in [0, 0.05) is 31.9 Å². The van der Waals surface area contributed by atoms with Gasteiger partial charge in [-0.25, -0.2) is 4.98 Å². The number of nitrogens with one attached hydrogen (secondary N) is 1. The van der Waals surface area contributed by atoms with Crippen molar-refractivity contribution in [1.82, 2.24) is 9.88 Å². The van der Waals surface area contributed by atoms with E-state index < -0.39 is 12.0 Å². The van der Waals surface area contributed by atoms with Gasteiger partial charge >= 0.3 is 5.97 Å². The van der Waals surface area contributed by atoms with E-state index in [4.69, 9.17) is 9.72 Å². The number of benzene rings is 1. The number of pyridine rings is 1. The monoisotopic (exact) mass is 449 g/mol. The van der Waals surface area contributed by atoms with Gasteiger partial charge in [-0.15, -0.1) is 0 Å². The highest BCUT2D eigenvalue weighted by molar-refractivity contribution is 5.76. The first-order chi connectivity index (χ1) is 16.2. The van der Waals surface area contributed by atoms with Crippen LogP contribution in [0.5, 0.6) is 0 Å². The highest BCUT2D eigenvalue weighted by atomic mass is 16.5. The number of carboxylic acid groups (broad SMARTS) is 1. The number of hydrogen-bond donors (Lipinski definition) is 2.